The van der Waals surface area contributed by atoms with Crippen LogP contribution in [0, 0.1) is 12.3 Å². The fourth-order valence-corrected chi connectivity index (χ4v) is 3.24. The Bertz CT molecular complexity index is 1190. The molecule has 0 aliphatic rings. The molecule has 0 bridgehead atoms. The number of aromatic nitrogens is 1. The lowest BCUT2D eigenvalue weighted by Gasteiger charge is -2.07. The van der Waals surface area contributed by atoms with E-state index in [9.17, 15) is 8.42 Å². The Morgan fingerprint density at radius 2 is 1.49 bits per heavy atom. The molecule has 0 aliphatic heterocycles. The number of carbonyl (C=O) groups excluding carboxylic acids is 2. The lowest BCUT2D eigenvalue weighted by molar-refractivity contribution is 0.266. The molecule has 0 fully saturated rings. The van der Waals surface area contributed by atoms with Gasteiger partial charge in [-0.25, -0.2) is 13.4 Å². The number of oxazole rings is 1. The van der Waals surface area contributed by atoms with Crippen molar-refractivity contribution >= 4 is 57.2 Å². The minimum atomic E-state index is -3.37. The van der Waals surface area contributed by atoms with Gasteiger partial charge in [-0.1, -0.05) is 68.6 Å². The summed E-state index contributed by atoms with van der Waals surface area (Å²) in [6, 6.07) is 13.8. The van der Waals surface area contributed by atoms with Crippen LogP contribution < -0.4 is 11.5 Å². The Morgan fingerprint density at radius 3 is 1.91 bits per heavy atom. The zero-order valence-corrected chi connectivity index (χ0v) is 21.5. The zero-order valence-electron chi connectivity index (χ0n) is 18.1. The van der Waals surface area contributed by atoms with Crippen LogP contribution in [0.2, 0.25) is 5.02 Å². The predicted molar refractivity (Wildman–Crippen MR) is 147 cm³/mol. The highest BCUT2D eigenvalue weighted by molar-refractivity contribution is 7.96. The molecule has 35 heavy (non-hydrogen) atoms. The number of hydrogen-bond acceptors (Lipinski definition) is 6. The summed E-state index contributed by atoms with van der Waals surface area (Å²) in [5.41, 5.74) is 10.5. The quantitative estimate of drug-likeness (QED) is 0.270. The van der Waals surface area contributed by atoms with Crippen molar-refractivity contribution in [1.82, 2.24) is 4.98 Å². The normalized spacial score (nSPS) is 8.91. The van der Waals surface area contributed by atoms with Crippen molar-refractivity contribution in [2.75, 3.05) is 6.26 Å². The number of carbonyl (C=O) groups is 2. The second-order valence-electron chi connectivity index (χ2n) is 5.77. The van der Waals surface area contributed by atoms with Crippen molar-refractivity contribution in [3.63, 3.8) is 0 Å². The molecule has 13 heteroatoms. The minimum absolute atomic E-state index is 0. The number of primary amides is 2. The van der Waals surface area contributed by atoms with Gasteiger partial charge in [-0.15, -0.1) is 12.3 Å². The minimum Gasteiger partial charge on any atom is -0.443 e. The average molecular weight is 562 g/mol. The molecule has 192 valence electrons. The molecule has 0 spiro atoms. The number of sulfone groups is 1. The highest BCUT2D eigenvalue weighted by atomic mass is 35.5. The van der Waals surface area contributed by atoms with Crippen molar-refractivity contribution in [2.45, 2.75) is 19.2 Å². The zero-order chi connectivity index (χ0) is 25.6. The van der Waals surface area contributed by atoms with E-state index in [0.717, 1.165) is 5.56 Å². The second kappa shape index (κ2) is 18.4. The number of nitrogens with two attached hydrogens (primary N) is 2. The highest BCUT2D eigenvalue weighted by Crippen LogP contribution is 2.35. The summed E-state index contributed by atoms with van der Waals surface area (Å²) in [5.74, 6) is 2.67. The Labute approximate surface area is 221 Å². The third kappa shape index (κ3) is 14.8. The predicted octanol–water partition coefficient (Wildman–Crippen LogP) is 4.51. The monoisotopic (exact) mass is 561 g/mol. The molecule has 1 heterocycles. The van der Waals surface area contributed by atoms with Crippen molar-refractivity contribution in [2.24, 2.45) is 11.5 Å². The molecule has 6 N–H and O–H groups in total. The first kappa shape index (κ1) is 36.6. The van der Waals surface area contributed by atoms with Crippen molar-refractivity contribution in [3.8, 4) is 34.9 Å². The van der Waals surface area contributed by atoms with E-state index in [1.807, 2.05) is 12.1 Å². The largest absolute Gasteiger partial charge is 0.443 e. The topological polar surface area (TPSA) is 178 Å². The molecule has 0 saturated heterocycles. The third-order valence-electron chi connectivity index (χ3n) is 3.22. The van der Waals surface area contributed by atoms with Crippen LogP contribution in [0.5, 0.6) is 0 Å². The van der Waals surface area contributed by atoms with Crippen LogP contribution in [-0.2, 0) is 9.84 Å². The van der Waals surface area contributed by atoms with Gasteiger partial charge in [0, 0.05) is 22.4 Å². The number of rotatable bonds is 3. The Morgan fingerprint density at radius 1 is 1.06 bits per heavy atom. The first-order valence-electron chi connectivity index (χ1n) is 8.68. The second-order valence-corrected chi connectivity index (χ2v) is 9.07. The first-order chi connectivity index (χ1) is 15.3. The van der Waals surface area contributed by atoms with E-state index < -0.39 is 20.3 Å². The maximum atomic E-state index is 12.0. The molecule has 0 atom stereocenters. The maximum Gasteiger partial charge on any atom is 0.273 e. The van der Waals surface area contributed by atoms with Gasteiger partial charge in [-0.3, -0.25) is 9.59 Å². The summed E-state index contributed by atoms with van der Waals surface area (Å²) >= 11 is 12.1. The van der Waals surface area contributed by atoms with Crippen molar-refractivity contribution in [1.29, 1.82) is 0 Å². The van der Waals surface area contributed by atoms with Crippen LogP contribution in [0.3, 0.4) is 0 Å². The van der Waals surface area contributed by atoms with E-state index in [1.54, 1.807) is 43.3 Å². The summed E-state index contributed by atoms with van der Waals surface area (Å²) in [6.07, 6.45) is 7.07. The number of benzene rings is 2. The number of nitrogens with zero attached hydrogens (tertiary/aromatic N) is 1. The van der Waals surface area contributed by atoms with Gasteiger partial charge in [0.2, 0.25) is 0 Å². The van der Waals surface area contributed by atoms with Crippen LogP contribution in [0.4, 0.5) is 9.59 Å². The van der Waals surface area contributed by atoms with E-state index in [0.29, 0.717) is 22.0 Å². The van der Waals surface area contributed by atoms with E-state index in [2.05, 4.69) is 54.1 Å². The molecular weight excluding hydrogens is 534 g/mol. The molecule has 0 saturated carbocycles. The lowest BCUT2D eigenvalue weighted by atomic mass is 10.1. The highest BCUT2D eigenvalue weighted by Gasteiger charge is 2.20. The molecule has 0 radical (unpaired) electrons. The van der Waals surface area contributed by atoms with E-state index >= 15 is 0 Å². The van der Waals surface area contributed by atoms with Crippen LogP contribution in [-0.4, -0.2) is 35.6 Å². The number of halogens is 1. The molecule has 2 aromatic carbocycles. The number of terminal acetylenes is 1. The standard InChI is InChI=1S/C16H12ClNO3S.C3H4.2CH3NOS.CH4.H2O/c1-22(19,20)14-5-3-2-4-13(14)16-15(18-10-21-16)11-6-8-12(17)9-7-11;1-3-2;2*2-1(3)4;;/h2-10H,1H3;1H,2H3;2*(H3,2,3,4);1H4;1H2. The Kier molecular flexibility index (Phi) is 19.2. The average Bonchev–Trinajstić information content (AvgIpc) is 3.17. The van der Waals surface area contributed by atoms with Crippen LogP contribution in [0.25, 0.3) is 22.6 Å². The van der Waals surface area contributed by atoms with Crippen LogP contribution in [0.1, 0.15) is 14.4 Å². The van der Waals surface area contributed by atoms with Crippen LogP contribution in [0.15, 0.2) is 64.2 Å². The fraction of sp³-hybridized carbons (Fsp3) is 0.136. The Hall–Kier alpha value is -2.95. The molecule has 2 amide bonds. The van der Waals surface area contributed by atoms with E-state index in [-0.39, 0.29) is 17.8 Å². The van der Waals surface area contributed by atoms with Gasteiger partial charge >= 0.3 is 0 Å². The van der Waals surface area contributed by atoms with Gasteiger partial charge in [0.15, 0.2) is 22.0 Å². The molecule has 0 unspecified atom stereocenters. The van der Waals surface area contributed by atoms with Crippen LogP contribution >= 0.6 is 36.9 Å². The number of amides is 2. The van der Waals surface area contributed by atoms with Gasteiger partial charge in [-0.2, -0.15) is 0 Å². The Balaban J connectivity index is -0.000000673. The lowest BCUT2D eigenvalue weighted by Crippen LogP contribution is -1.99. The number of thiol groups is 2. The molecule has 1 aromatic heterocycles. The van der Waals surface area contributed by atoms with Gasteiger partial charge in [0.05, 0.1) is 4.90 Å². The summed E-state index contributed by atoms with van der Waals surface area (Å²) in [4.78, 5) is 22.6. The van der Waals surface area contributed by atoms with Gasteiger partial charge in [0.25, 0.3) is 10.5 Å². The molecular formula is C22H28ClN3O6S3. The summed E-state index contributed by atoms with van der Waals surface area (Å²) in [6.45, 7) is 1.65. The van der Waals surface area contributed by atoms with Gasteiger partial charge < -0.3 is 21.4 Å². The maximum absolute atomic E-state index is 12.0. The summed E-state index contributed by atoms with van der Waals surface area (Å²) in [7, 11) is -3.37. The van der Waals surface area contributed by atoms with Crippen molar-refractivity contribution < 1.29 is 27.9 Å². The van der Waals surface area contributed by atoms with Gasteiger partial charge in [-0.05, 0) is 31.2 Å². The summed E-state index contributed by atoms with van der Waals surface area (Å²) < 4.78 is 29.4. The molecule has 3 aromatic rings. The van der Waals surface area contributed by atoms with E-state index in [4.69, 9.17) is 25.6 Å². The SMILES string of the molecule is C.C#CC.CS(=O)(=O)c1ccccc1-c1ocnc1-c1ccc(Cl)cc1.NC(=O)S.NC(=O)S.O. The third-order valence-corrected chi connectivity index (χ3v) is 4.62. The van der Waals surface area contributed by atoms with E-state index in [1.165, 1.54) is 12.6 Å². The smallest absolute Gasteiger partial charge is 0.273 e. The fourth-order valence-electron chi connectivity index (χ4n) is 2.23. The summed E-state index contributed by atoms with van der Waals surface area (Å²) in [5, 5.41) is -0.662. The first-order valence-corrected chi connectivity index (χ1v) is 11.8. The molecule has 3 rings (SSSR count). The number of hydrogen-bond donors (Lipinski definition) is 4. The van der Waals surface area contributed by atoms with Gasteiger partial charge in [0.1, 0.15) is 5.69 Å². The molecule has 9 nitrogen and oxygen atoms in total. The molecule has 0 aliphatic carbocycles. The van der Waals surface area contributed by atoms with Crippen molar-refractivity contribution in [3.05, 3.63) is 59.9 Å².